The van der Waals surface area contributed by atoms with Gasteiger partial charge in [-0.3, -0.25) is 10.7 Å². The van der Waals surface area contributed by atoms with E-state index < -0.39 is 5.00 Å². The van der Waals surface area contributed by atoms with E-state index in [-0.39, 0.29) is 0 Å². The van der Waals surface area contributed by atoms with Gasteiger partial charge in [0.2, 0.25) is 0 Å². The van der Waals surface area contributed by atoms with Gasteiger partial charge in [-0.1, -0.05) is 35.9 Å². The van der Waals surface area contributed by atoms with E-state index >= 15 is 0 Å². The topological polar surface area (TPSA) is 58.3 Å². The summed E-state index contributed by atoms with van der Waals surface area (Å²) in [5, 5.41) is 8.69. The molecule has 0 aromatic heterocycles. The molecule has 0 spiro atoms. The monoisotopic (exact) mass is 236 g/mol. The lowest BCUT2D eigenvalue weighted by Gasteiger charge is -2.20. The highest BCUT2D eigenvalue weighted by Gasteiger charge is 2.19. The van der Waals surface area contributed by atoms with Gasteiger partial charge >= 0.3 is 0 Å². The van der Waals surface area contributed by atoms with Crippen LogP contribution >= 0.6 is 11.6 Å². The van der Waals surface area contributed by atoms with E-state index in [1.165, 1.54) is 0 Å². The van der Waals surface area contributed by atoms with Crippen molar-refractivity contribution in [2.45, 2.75) is 11.4 Å². The lowest BCUT2D eigenvalue weighted by atomic mass is 9.97. The van der Waals surface area contributed by atoms with Crippen molar-refractivity contribution in [2.24, 2.45) is 5.73 Å². The molecule has 1 aromatic rings. The molecule has 16 heavy (non-hydrogen) atoms. The molecule has 0 bridgehead atoms. The molecule has 1 aliphatic rings. The zero-order chi connectivity index (χ0) is 11.6. The summed E-state index contributed by atoms with van der Waals surface area (Å²) >= 11 is 5.98. The molecule has 4 N–H and O–H groups in total. The Hall–Kier alpha value is -1.29. The van der Waals surface area contributed by atoms with Gasteiger partial charge in [0.15, 0.2) is 0 Å². The molecular formula is C12H13ClN2O. The average molecular weight is 237 g/mol. The molecule has 1 atom stereocenters. The molecule has 1 aliphatic carbocycles. The normalized spacial score (nSPS) is 24.1. The Morgan fingerprint density at radius 1 is 1.31 bits per heavy atom. The standard InChI is InChI=1S/C12H13ClN2O/c13-12(14)7-5-10(6-8-12)9-1-3-11(15-16)4-2-9/h1-7,15-16H,8,14H2. The Balaban J connectivity index is 2.20. The molecule has 0 aliphatic heterocycles. The number of anilines is 1. The summed E-state index contributed by atoms with van der Waals surface area (Å²) < 4.78 is 0. The third-order valence-corrected chi connectivity index (χ3v) is 2.80. The summed E-state index contributed by atoms with van der Waals surface area (Å²) in [6, 6.07) is 7.45. The van der Waals surface area contributed by atoms with Gasteiger partial charge in [-0.25, -0.2) is 0 Å². The second-order valence-electron chi connectivity index (χ2n) is 3.81. The van der Waals surface area contributed by atoms with Crippen LogP contribution in [-0.4, -0.2) is 10.2 Å². The van der Waals surface area contributed by atoms with Gasteiger partial charge in [-0.15, -0.1) is 0 Å². The lowest BCUT2D eigenvalue weighted by molar-refractivity contribution is 0.389. The quantitative estimate of drug-likeness (QED) is 0.420. The van der Waals surface area contributed by atoms with Crippen molar-refractivity contribution in [3.63, 3.8) is 0 Å². The fourth-order valence-corrected chi connectivity index (χ4v) is 1.72. The predicted molar refractivity (Wildman–Crippen MR) is 66.4 cm³/mol. The van der Waals surface area contributed by atoms with Crippen LogP contribution in [0.3, 0.4) is 0 Å². The maximum atomic E-state index is 8.69. The molecule has 4 heteroatoms. The van der Waals surface area contributed by atoms with E-state index in [4.69, 9.17) is 22.5 Å². The highest BCUT2D eigenvalue weighted by molar-refractivity contribution is 6.25. The van der Waals surface area contributed by atoms with Crippen LogP contribution in [-0.2, 0) is 0 Å². The Kier molecular flexibility index (Phi) is 3.01. The minimum absolute atomic E-state index is 0.611. The van der Waals surface area contributed by atoms with Crippen molar-refractivity contribution in [3.05, 3.63) is 48.1 Å². The van der Waals surface area contributed by atoms with Crippen molar-refractivity contribution in [3.8, 4) is 0 Å². The Labute approximate surface area is 99.2 Å². The van der Waals surface area contributed by atoms with Crippen molar-refractivity contribution in [1.29, 1.82) is 0 Å². The van der Waals surface area contributed by atoms with E-state index in [1.54, 1.807) is 18.2 Å². The van der Waals surface area contributed by atoms with Crippen molar-refractivity contribution in [2.75, 3.05) is 5.48 Å². The van der Waals surface area contributed by atoms with Gasteiger partial charge in [0.1, 0.15) is 5.00 Å². The van der Waals surface area contributed by atoms with Crippen molar-refractivity contribution >= 4 is 22.9 Å². The summed E-state index contributed by atoms with van der Waals surface area (Å²) in [7, 11) is 0. The first-order valence-corrected chi connectivity index (χ1v) is 5.36. The number of alkyl halides is 1. The number of hydrogen-bond donors (Lipinski definition) is 3. The molecule has 0 saturated carbocycles. The van der Waals surface area contributed by atoms with Gasteiger partial charge in [0.25, 0.3) is 0 Å². The molecular weight excluding hydrogens is 224 g/mol. The van der Waals surface area contributed by atoms with Crippen LogP contribution in [0.4, 0.5) is 5.69 Å². The fraction of sp³-hybridized carbons (Fsp3) is 0.167. The molecule has 2 rings (SSSR count). The summed E-state index contributed by atoms with van der Waals surface area (Å²) in [6.07, 6.45) is 6.33. The van der Waals surface area contributed by atoms with Crippen molar-refractivity contribution < 1.29 is 5.21 Å². The van der Waals surface area contributed by atoms with E-state index in [2.05, 4.69) is 5.48 Å². The Morgan fingerprint density at radius 3 is 2.50 bits per heavy atom. The second kappa shape index (κ2) is 4.29. The first kappa shape index (κ1) is 11.2. The smallest absolute Gasteiger partial charge is 0.113 e. The average Bonchev–Trinajstić information content (AvgIpc) is 2.29. The molecule has 3 nitrogen and oxygen atoms in total. The first-order chi connectivity index (χ1) is 7.61. The molecule has 0 radical (unpaired) electrons. The van der Waals surface area contributed by atoms with Gasteiger partial charge in [0.05, 0.1) is 5.69 Å². The number of halogens is 1. The summed E-state index contributed by atoms with van der Waals surface area (Å²) in [6.45, 7) is 0. The highest BCUT2D eigenvalue weighted by atomic mass is 35.5. The van der Waals surface area contributed by atoms with Gasteiger partial charge in [-0.05, 0) is 29.3 Å². The van der Waals surface area contributed by atoms with Crippen LogP contribution in [0.2, 0.25) is 0 Å². The summed E-state index contributed by atoms with van der Waals surface area (Å²) in [5.41, 5.74) is 10.7. The number of benzene rings is 1. The molecule has 0 heterocycles. The van der Waals surface area contributed by atoms with Gasteiger partial charge < -0.3 is 5.73 Å². The minimum atomic E-state index is -0.754. The Bertz CT molecular complexity index is 435. The molecule has 0 fully saturated rings. The molecule has 0 saturated heterocycles. The lowest BCUT2D eigenvalue weighted by Crippen LogP contribution is -2.30. The zero-order valence-corrected chi connectivity index (χ0v) is 9.41. The third kappa shape index (κ3) is 2.44. The minimum Gasteiger partial charge on any atom is -0.309 e. The van der Waals surface area contributed by atoms with Gasteiger partial charge in [0, 0.05) is 6.42 Å². The van der Waals surface area contributed by atoms with Crippen LogP contribution in [0.5, 0.6) is 0 Å². The number of nitrogens with one attached hydrogen (secondary N) is 1. The number of allylic oxidation sites excluding steroid dienone is 2. The number of hydrogen-bond acceptors (Lipinski definition) is 3. The largest absolute Gasteiger partial charge is 0.309 e. The SMILES string of the molecule is NC1(Cl)C=CC(c2ccc(NO)cc2)=CC1. The van der Waals surface area contributed by atoms with Crippen LogP contribution in [0.15, 0.2) is 42.5 Å². The maximum absolute atomic E-state index is 8.69. The van der Waals surface area contributed by atoms with Crippen LogP contribution < -0.4 is 11.2 Å². The molecule has 1 aromatic carbocycles. The van der Waals surface area contributed by atoms with E-state index in [0.29, 0.717) is 12.1 Å². The summed E-state index contributed by atoms with van der Waals surface area (Å²) in [5.74, 6) is 0. The number of nitrogens with two attached hydrogens (primary N) is 1. The zero-order valence-electron chi connectivity index (χ0n) is 8.65. The molecule has 1 unspecified atom stereocenters. The maximum Gasteiger partial charge on any atom is 0.113 e. The predicted octanol–water partition coefficient (Wildman–Crippen LogP) is 2.72. The Morgan fingerprint density at radius 2 is 2.00 bits per heavy atom. The van der Waals surface area contributed by atoms with Crippen LogP contribution in [0, 0.1) is 0 Å². The fourth-order valence-electron chi connectivity index (χ4n) is 1.58. The van der Waals surface area contributed by atoms with E-state index in [1.807, 2.05) is 24.3 Å². The molecule has 0 amide bonds. The summed E-state index contributed by atoms with van der Waals surface area (Å²) in [4.78, 5) is -0.754. The van der Waals surface area contributed by atoms with E-state index in [9.17, 15) is 0 Å². The van der Waals surface area contributed by atoms with Gasteiger partial charge in [-0.2, -0.15) is 0 Å². The highest BCUT2D eigenvalue weighted by Crippen LogP contribution is 2.28. The third-order valence-electron chi connectivity index (χ3n) is 2.52. The number of rotatable bonds is 2. The van der Waals surface area contributed by atoms with Crippen LogP contribution in [0.1, 0.15) is 12.0 Å². The first-order valence-electron chi connectivity index (χ1n) is 4.98. The van der Waals surface area contributed by atoms with Crippen molar-refractivity contribution in [1.82, 2.24) is 0 Å². The second-order valence-corrected chi connectivity index (χ2v) is 4.52. The van der Waals surface area contributed by atoms with E-state index in [0.717, 1.165) is 11.1 Å². The van der Waals surface area contributed by atoms with Crippen LogP contribution in [0.25, 0.3) is 5.57 Å². The molecule has 84 valence electrons.